The summed E-state index contributed by atoms with van der Waals surface area (Å²) in [6.07, 6.45) is 5.48. The van der Waals surface area contributed by atoms with Crippen molar-refractivity contribution in [2.45, 2.75) is 13.3 Å². The number of carbonyl (C=O) groups is 1. The van der Waals surface area contributed by atoms with E-state index >= 15 is 0 Å². The average Bonchev–Trinajstić information content (AvgIpc) is 2.37. The van der Waals surface area contributed by atoms with E-state index in [0.717, 1.165) is 0 Å². The zero-order valence-electron chi connectivity index (χ0n) is 9.94. The SMILES string of the molecule is C#CCOc1ccc(C(=O)CCOCC)cc1. The molecule has 0 aliphatic carbocycles. The number of terminal acetylenes is 1. The standard InChI is InChI=1S/C14H16O3/c1-3-10-17-13-7-5-12(6-8-13)14(15)9-11-16-4-2/h1,5-8H,4,9-11H2,2H3. The van der Waals surface area contributed by atoms with Crippen molar-refractivity contribution in [2.24, 2.45) is 0 Å². The summed E-state index contributed by atoms with van der Waals surface area (Å²) >= 11 is 0. The van der Waals surface area contributed by atoms with Gasteiger partial charge in [-0.1, -0.05) is 5.92 Å². The van der Waals surface area contributed by atoms with Gasteiger partial charge in [0.05, 0.1) is 6.61 Å². The molecule has 0 aromatic heterocycles. The predicted octanol–water partition coefficient (Wildman–Crippen LogP) is 2.31. The first-order valence-electron chi connectivity index (χ1n) is 5.55. The monoisotopic (exact) mass is 232 g/mol. The molecule has 0 heterocycles. The highest BCUT2D eigenvalue weighted by Gasteiger charge is 2.05. The molecule has 0 bridgehead atoms. The number of ether oxygens (including phenoxy) is 2. The van der Waals surface area contributed by atoms with Gasteiger partial charge >= 0.3 is 0 Å². The van der Waals surface area contributed by atoms with Gasteiger partial charge in [-0.2, -0.15) is 0 Å². The van der Waals surface area contributed by atoms with Crippen molar-refractivity contribution in [3.8, 4) is 18.1 Å². The number of hydrogen-bond donors (Lipinski definition) is 0. The minimum Gasteiger partial charge on any atom is -0.481 e. The fourth-order valence-corrected chi connectivity index (χ4v) is 1.32. The van der Waals surface area contributed by atoms with E-state index in [1.54, 1.807) is 24.3 Å². The molecule has 0 aliphatic rings. The van der Waals surface area contributed by atoms with Gasteiger partial charge in [0.15, 0.2) is 5.78 Å². The van der Waals surface area contributed by atoms with Crippen LogP contribution in [0.25, 0.3) is 0 Å². The van der Waals surface area contributed by atoms with Crippen LogP contribution in [-0.4, -0.2) is 25.6 Å². The highest BCUT2D eigenvalue weighted by molar-refractivity contribution is 5.96. The van der Waals surface area contributed by atoms with Crippen LogP contribution in [0.1, 0.15) is 23.7 Å². The van der Waals surface area contributed by atoms with Crippen molar-refractivity contribution in [3.63, 3.8) is 0 Å². The fourth-order valence-electron chi connectivity index (χ4n) is 1.32. The zero-order chi connectivity index (χ0) is 12.5. The van der Waals surface area contributed by atoms with Crippen molar-refractivity contribution < 1.29 is 14.3 Å². The smallest absolute Gasteiger partial charge is 0.165 e. The Morgan fingerprint density at radius 2 is 2.06 bits per heavy atom. The molecule has 0 unspecified atom stereocenters. The Hall–Kier alpha value is -1.79. The van der Waals surface area contributed by atoms with Crippen LogP contribution < -0.4 is 4.74 Å². The molecule has 3 nitrogen and oxygen atoms in total. The molecule has 0 aliphatic heterocycles. The van der Waals surface area contributed by atoms with Crippen molar-refractivity contribution in [2.75, 3.05) is 19.8 Å². The molecule has 0 radical (unpaired) electrons. The van der Waals surface area contributed by atoms with Crippen molar-refractivity contribution in [1.29, 1.82) is 0 Å². The van der Waals surface area contributed by atoms with Crippen LogP contribution in [0.5, 0.6) is 5.75 Å². The molecule has 0 fully saturated rings. The topological polar surface area (TPSA) is 35.5 Å². The predicted molar refractivity (Wildman–Crippen MR) is 66.2 cm³/mol. The number of carbonyl (C=O) groups excluding carboxylic acids is 1. The van der Waals surface area contributed by atoms with Crippen molar-refractivity contribution in [3.05, 3.63) is 29.8 Å². The largest absolute Gasteiger partial charge is 0.481 e. The van der Waals surface area contributed by atoms with E-state index in [1.807, 2.05) is 6.92 Å². The minimum absolute atomic E-state index is 0.0712. The van der Waals surface area contributed by atoms with E-state index in [0.29, 0.717) is 30.9 Å². The van der Waals surface area contributed by atoms with E-state index in [-0.39, 0.29) is 12.4 Å². The molecular weight excluding hydrogens is 216 g/mol. The lowest BCUT2D eigenvalue weighted by Crippen LogP contribution is -2.04. The first-order chi connectivity index (χ1) is 8.27. The zero-order valence-corrected chi connectivity index (χ0v) is 9.94. The molecule has 1 aromatic rings. The Kier molecular flexibility index (Phi) is 5.84. The summed E-state index contributed by atoms with van der Waals surface area (Å²) < 4.78 is 10.4. The first kappa shape index (κ1) is 13.3. The Morgan fingerprint density at radius 1 is 1.35 bits per heavy atom. The summed E-state index contributed by atoms with van der Waals surface area (Å²) in [5.74, 6) is 3.12. The van der Waals surface area contributed by atoms with E-state index in [9.17, 15) is 4.79 Å². The number of Topliss-reactive ketones (excluding diaryl/α,β-unsaturated/α-hetero) is 1. The molecule has 1 aromatic carbocycles. The van der Waals surface area contributed by atoms with Gasteiger partial charge in [-0.25, -0.2) is 0 Å². The highest BCUT2D eigenvalue weighted by Crippen LogP contribution is 2.13. The summed E-state index contributed by atoms with van der Waals surface area (Å²) in [6.45, 7) is 3.23. The van der Waals surface area contributed by atoms with E-state index in [2.05, 4.69) is 5.92 Å². The normalized spacial score (nSPS) is 9.65. The summed E-state index contributed by atoms with van der Waals surface area (Å²) in [5, 5.41) is 0. The second-order valence-electron chi connectivity index (χ2n) is 3.39. The quantitative estimate of drug-likeness (QED) is 0.411. The summed E-state index contributed by atoms with van der Waals surface area (Å²) in [7, 11) is 0. The van der Waals surface area contributed by atoms with Gasteiger partial charge in [-0.3, -0.25) is 4.79 Å². The molecule has 0 spiro atoms. The Morgan fingerprint density at radius 3 is 2.65 bits per heavy atom. The van der Waals surface area contributed by atoms with Crippen LogP contribution in [0.2, 0.25) is 0 Å². The lowest BCUT2D eigenvalue weighted by Gasteiger charge is -2.04. The molecule has 0 atom stereocenters. The van der Waals surface area contributed by atoms with Crippen molar-refractivity contribution >= 4 is 5.78 Å². The third kappa shape index (κ3) is 4.71. The lowest BCUT2D eigenvalue weighted by atomic mass is 10.1. The Balaban J connectivity index is 2.49. The van der Waals surface area contributed by atoms with Gasteiger partial charge in [-0.15, -0.1) is 6.42 Å². The van der Waals surface area contributed by atoms with Crippen LogP contribution in [0, 0.1) is 12.3 Å². The second-order valence-corrected chi connectivity index (χ2v) is 3.39. The maximum absolute atomic E-state index is 11.7. The number of rotatable bonds is 7. The summed E-state index contributed by atoms with van der Waals surface area (Å²) in [4.78, 5) is 11.7. The second kappa shape index (κ2) is 7.48. The molecule has 0 amide bonds. The van der Waals surface area contributed by atoms with Gasteiger partial charge in [0.2, 0.25) is 0 Å². The van der Waals surface area contributed by atoms with Crippen LogP contribution in [-0.2, 0) is 4.74 Å². The van der Waals surface area contributed by atoms with Gasteiger partial charge in [0.1, 0.15) is 12.4 Å². The maximum Gasteiger partial charge on any atom is 0.165 e. The third-order valence-corrected chi connectivity index (χ3v) is 2.18. The molecule has 1 rings (SSSR count). The van der Waals surface area contributed by atoms with Gasteiger partial charge in [0.25, 0.3) is 0 Å². The van der Waals surface area contributed by atoms with E-state index in [4.69, 9.17) is 15.9 Å². The van der Waals surface area contributed by atoms with Crippen LogP contribution >= 0.6 is 0 Å². The lowest BCUT2D eigenvalue weighted by molar-refractivity contribution is 0.0896. The molecule has 17 heavy (non-hydrogen) atoms. The van der Waals surface area contributed by atoms with Crippen LogP contribution in [0.4, 0.5) is 0 Å². The molecule has 90 valence electrons. The van der Waals surface area contributed by atoms with Gasteiger partial charge < -0.3 is 9.47 Å². The number of ketones is 1. The molecule has 0 N–H and O–H groups in total. The number of benzene rings is 1. The first-order valence-corrected chi connectivity index (χ1v) is 5.55. The minimum atomic E-state index is 0.0712. The summed E-state index contributed by atoms with van der Waals surface area (Å²) in [5.41, 5.74) is 0.665. The molecule has 0 saturated carbocycles. The van der Waals surface area contributed by atoms with Crippen molar-refractivity contribution in [1.82, 2.24) is 0 Å². The van der Waals surface area contributed by atoms with Crippen LogP contribution in [0.15, 0.2) is 24.3 Å². The Bertz CT molecular complexity index is 387. The summed E-state index contributed by atoms with van der Waals surface area (Å²) in [6, 6.07) is 6.96. The molecule has 3 heteroatoms. The van der Waals surface area contributed by atoms with Crippen LogP contribution in [0.3, 0.4) is 0 Å². The van der Waals surface area contributed by atoms with Gasteiger partial charge in [0, 0.05) is 18.6 Å². The highest BCUT2D eigenvalue weighted by atomic mass is 16.5. The average molecular weight is 232 g/mol. The van der Waals surface area contributed by atoms with E-state index < -0.39 is 0 Å². The van der Waals surface area contributed by atoms with E-state index in [1.165, 1.54) is 0 Å². The third-order valence-electron chi connectivity index (χ3n) is 2.18. The fraction of sp³-hybridized carbons (Fsp3) is 0.357. The number of hydrogen-bond acceptors (Lipinski definition) is 3. The molecule has 0 saturated heterocycles. The maximum atomic E-state index is 11.7. The molecular formula is C14H16O3. The Labute approximate surface area is 102 Å². The van der Waals surface area contributed by atoms with Gasteiger partial charge in [-0.05, 0) is 31.2 Å².